The molecule has 0 aromatic heterocycles. The van der Waals surface area contributed by atoms with E-state index in [1.807, 2.05) is 0 Å². The maximum absolute atomic E-state index is 11.9. The highest BCUT2D eigenvalue weighted by molar-refractivity contribution is 5.97. The van der Waals surface area contributed by atoms with Gasteiger partial charge in [-0.05, 0) is 11.3 Å². The van der Waals surface area contributed by atoms with Crippen LogP contribution in [-0.2, 0) is 9.59 Å². The number of carbonyl (C=O) groups is 2. The third-order valence-electron chi connectivity index (χ3n) is 3.09. The van der Waals surface area contributed by atoms with Gasteiger partial charge in [0.2, 0.25) is 5.91 Å². The minimum absolute atomic E-state index is 0.378. The van der Waals surface area contributed by atoms with Gasteiger partial charge in [0.05, 0.1) is 0 Å². The van der Waals surface area contributed by atoms with Crippen LogP contribution >= 0.6 is 0 Å². The lowest BCUT2D eigenvalue weighted by Crippen LogP contribution is -2.44. The molecule has 0 aromatic rings. The second-order valence-corrected chi connectivity index (χ2v) is 5.56. The lowest BCUT2D eigenvalue weighted by molar-refractivity contribution is -0.151. The van der Waals surface area contributed by atoms with Crippen molar-refractivity contribution >= 4 is 11.9 Å². The fourth-order valence-corrected chi connectivity index (χ4v) is 1.80. The van der Waals surface area contributed by atoms with Crippen molar-refractivity contribution in [3.05, 3.63) is 0 Å². The normalized spacial score (nSPS) is 13.5. The summed E-state index contributed by atoms with van der Waals surface area (Å²) in [5, 5.41) is 11.9. The van der Waals surface area contributed by atoms with E-state index in [4.69, 9.17) is 5.11 Å². The molecule has 0 aliphatic heterocycles. The van der Waals surface area contributed by atoms with Crippen molar-refractivity contribution in [2.24, 2.45) is 17.3 Å². The molecule has 17 heavy (non-hydrogen) atoms. The highest BCUT2D eigenvalue weighted by Crippen LogP contribution is 2.26. The van der Waals surface area contributed by atoms with Gasteiger partial charge < -0.3 is 10.4 Å². The van der Waals surface area contributed by atoms with Crippen molar-refractivity contribution in [3.8, 4) is 0 Å². The van der Waals surface area contributed by atoms with Gasteiger partial charge in [0.25, 0.3) is 0 Å². The van der Waals surface area contributed by atoms with Crippen LogP contribution in [0.25, 0.3) is 0 Å². The van der Waals surface area contributed by atoms with Crippen molar-refractivity contribution in [1.82, 2.24) is 5.32 Å². The van der Waals surface area contributed by atoms with Gasteiger partial charge >= 0.3 is 5.97 Å². The van der Waals surface area contributed by atoms with E-state index in [0.717, 1.165) is 12.8 Å². The molecular formula is C13H25NO3. The van der Waals surface area contributed by atoms with Gasteiger partial charge in [0.1, 0.15) is 5.92 Å². The van der Waals surface area contributed by atoms with Crippen molar-refractivity contribution in [3.63, 3.8) is 0 Å². The number of carboxylic acid groups (broad SMARTS) is 1. The summed E-state index contributed by atoms with van der Waals surface area (Å²) in [4.78, 5) is 23.0. The molecule has 0 radical (unpaired) electrons. The van der Waals surface area contributed by atoms with E-state index in [9.17, 15) is 9.59 Å². The van der Waals surface area contributed by atoms with E-state index in [0.29, 0.717) is 12.5 Å². The van der Waals surface area contributed by atoms with Gasteiger partial charge in [0, 0.05) is 6.54 Å². The summed E-state index contributed by atoms with van der Waals surface area (Å²) < 4.78 is 0. The fourth-order valence-electron chi connectivity index (χ4n) is 1.80. The number of hydrogen-bond donors (Lipinski definition) is 2. The monoisotopic (exact) mass is 243 g/mol. The number of hydrogen-bond acceptors (Lipinski definition) is 2. The first-order chi connectivity index (χ1) is 7.73. The Hall–Kier alpha value is -1.06. The molecule has 0 saturated carbocycles. The lowest BCUT2D eigenvalue weighted by atomic mass is 9.80. The van der Waals surface area contributed by atoms with E-state index < -0.39 is 17.3 Å². The lowest BCUT2D eigenvalue weighted by Gasteiger charge is -2.26. The number of aliphatic carboxylic acids is 1. The molecule has 4 nitrogen and oxygen atoms in total. The smallest absolute Gasteiger partial charge is 0.316 e. The molecule has 0 heterocycles. The van der Waals surface area contributed by atoms with E-state index in [2.05, 4.69) is 19.2 Å². The molecular weight excluding hydrogens is 218 g/mol. The van der Waals surface area contributed by atoms with Gasteiger partial charge in [0.15, 0.2) is 0 Å². The van der Waals surface area contributed by atoms with Crippen LogP contribution in [-0.4, -0.2) is 23.5 Å². The van der Waals surface area contributed by atoms with Crippen LogP contribution in [0.3, 0.4) is 0 Å². The van der Waals surface area contributed by atoms with Crippen LogP contribution in [0, 0.1) is 17.3 Å². The first-order valence-electron chi connectivity index (χ1n) is 6.24. The first-order valence-corrected chi connectivity index (χ1v) is 6.24. The Kier molecular flexibility index (Phi) is 6.21. The molecule has 100 valence electrons. The van der Waals surface area contributed by atoms with Gasteiger partial charge in [-0.15, -0.1) is 0 Å². The van der Waals surface area contributed by atoms with Gasteiger partial charge in [-0.2, -0.15) is 0 Å². The van der Waals surface area contributed by atoms with E-state index in [1.165, 1.54) is 0 Å². The molecule has 1 amide bonds. The fraction of sp³-hybridized carbons (Fsp3) is 0.846. The van der Waals surface area contributed by atoms with Crippen LogP contribution < -0.4 is 5.32 Å². The predicted octanol–water partition coefficient (Wildman–Crippen LogP) is 2.29. The van der Waals surface area contributed by atoms with Gasteiger partial charge in [-0.25, -0.2) is 0 Å². The van der Waals surface area contributed by atoms with Crippen molar-refractivity contribution in [1.29, 1.82) is 0 Å². The first kappa shape index (κ1) is 15.9. The molecule has 0 aliphatic carbocycles. The molecule has 0 spiro atoms. The van der Waals surface area contributed by atoms with Gasteiger partial charge in [-0.3, -0.25) is 9.59 Å². The summed E-state index contributed by atoms with van der Waals surface area (Å²) >= 11 is 0. The highest BCUT2D eigenvalue weighted by atomic mass is 16.4. The van der Waals surface area contributed by atoms with E-state index in [-0.39, 0.29) is 5.91 Å². The zero-order valence-corrected chi connectivity index (χ0v) is 11.5. The molecule has 2 N–H and O–H groups in total. The van der Waals surface area contributed by atoms with Crippen LogP contribution in [0.1, 0.15) is 47.5 Å². The Balaban J connectivity index is 4.51. The average molecular weight is 243 g/mol. The Morgan fingerprint density at radius 1 is 1.18 bits per heavy atom. The number of nitrogens with one attached hydrogen (secondary N) is 1. The number of carboxylic acids is 1. The minimum atomic E-state index is -1.06. The summed E-state index contributed by atoms with van der Waals surface area (Å²) in [5.41, 5.74) is -0.566. The van der Waals surface area contributed by atoms with E-state index in [1.54, 1.807) is 20.8 Å². The molecule has 0 rings (SSSR count). The van der Waals surface area contributed by atoms with Crippen LogP contribution in [0.15, 0.2) is 0 Å². The summed E-state index contributed by atoms with van der Waals surface area (Å²) in [7, 11) is 0. The maximum Gasteiger partial charge on any atom is 0.316 e. The topological polar surface area (TPSA) is 66.4 Å². The SMILES string of the molecule is CCC(CC)CNC(=O)C(C(=O)O)C(C)(C)C. The largest absolute Gasteiger partial charge is 0.481 e. The van der Waals surface area contributed by atoms with Crippen LogP contribution in [0.5, 0.6) is 0 Å². The number of carbonyl (C=O) groups excluding carboxylic acids is 1. The summed E-state index contributed by atoms with van der Waals surface area (Å²) in [6, 6.07) is 0. The average Bonchev–Trinajstić information content (AvgIpc) is 2.16. The molecule has 0 aromatic carbocycles. The second-order valence-electron chi connectivity index (χ2n) is 5.56. The van der Waals surface area contributed by atoms with Crippen LogP contribution in [0.4, 0.5) is 0 Å². The zero-order valence-electron chi connectivity index (χ0n) is 11.5. The Morgan fingerprint density at radius 2 is 1.65 bits per heavy atom. The Labute approximate surface area is 104 Å². The molecule has 0 bridgehead atoms. The summed E-state index contributed by atoms with van der Waals surface area (Å²) in [6.07, 6.45) is 1.98. The third kappa shape index (κ3) is 5.20. The maximum atomic E-state index is 11.9. The number of rotatable bonds is 6. The van der Waals surface area contributed by atoms with E-state index >= 15 is 0 Å². The van der Waals surface area contributed by atoms with Crippen LogP contribution in [0.2, 0.25) is 0 Å². The molecule has 4 heteroatoms. The quantitative estimate of drug-likeness (QED) is 0.703. The summed E-state index contributed by atoms with van der Waals surface area (Å²) in [5.74, 6) is -2.00. The second kappa shape index (κ2) is 6.62. The Bertz CT molecular complexity index is 264. The third-order valence-corrected chi connectivity index (χ3v) is 3.09. The van der Waals surface area contributed by atoms with Crippen molar-refractivity contribution < 1.29 is 14.7 Å². The van der Waals surface area contributed by atoms with Crippen molar-refractivity contribution in [2.75, 3.05) is 6.54 Å². The molecule has 1 atom stereocenters. The van der Waals surface area contributed by atoms with Crippen molar-refractivity contribution in [2.45, 2.75) is 47.5 Å². The molecule has 0 aliphatic rings. The highest BCUT2D eigenvalue weighted by Gasteiger charge is 2.37. The summed E-state index contributed by atoms with van der Waals surface area (Å²) in [6.45, 7) is 10.00. The zero-order chi connectivity index (χ0) is 13.6. The molecule has 1 unspecified atom stereocenters. The van der Waals surface area contributed by atoms with Gasteiger partial charge in [-0.1, -0.05) is 47.5 Å². The number of amides is 1. The standard InChI is InChI=1S/C13H25NO3/c1-6-9(7-2)8-14-11(15)10(12(16)17)13(3,4)5/h9-10H,6-8H2,1-5H3,(H,14,15)(H,16,17). The predicted molar refractivity (Wildman–Crippen MR) is 67.7 cm³/mol. The Morgan fingerprint density at radius 3 is 1.94 bits per heavy atom. The molecule has 0 saturated heterocycles. The minimum Gasteiger partial charge on any atom is -0.481 e. The molecule has 0 fully saturated rings.